The number of benzene rings is 6. The summed E-state index contributed by atoms with van der Waals surface area (Å²) in [5.74, 6) is -1.49. The van der Waals surface area contributed by atoms with Crippen LogP contribution in [0.1, 0.15) is 23.4 Å². The molecule has 0 atom stereocenters. The predicted molar refractivity (Wildman–Crippen MR) is 301 cm³/mol. The number of aromatic amines is 3. The molecule has 6 aromatic carbocycles. The number of sulfonamides is 3. The summed E-state index contributed by atoms with van der Waals surface area (Å²) in [4.78, 5) is 16.3. The summed E-state index contributed by atoms with van der Waals surface area (Å²) in [6, 6.07) is 30.5. The van der Waals surface area contributed by atoms with Crippen LogP contribution >= 0.6 is 34.8 Å². The van der Waals surface area contributed by atoms with Crippen molar-refractivity contribution < 1.29 is 61.4 Å². The van der Waals surface area contributed by atoms with Crippen molar-refractivity contribution in [3.63, 3.8) is 0 Å². The Hall–Kier alpha value is -8.84. The van der Waals surface area contributed by atoms with Gasteiger partial charge in [0.15, 0.2) is 17.2 Å². The molecule has 1 aliphatic heterocycles. The van der Waals surface area contributed by atoms with Gasteiger partial charge in [-0.3, -0.25) is 24.1 Å². The molecule has 6 heterocycles. The zero-order chi connectivity index (χ0) is 59.0. The highest BCUT2D eigenvalue weighted by Crippen LogP contribution is 2.40. The van der Waals surface area contributed by atoms with E-state index in [1.165, 1.54) is 54.9 Å². The smallest absolute Gasteiger partial charge is 0.278 e. The maximum atomic E-state index is 14.1. The molecular formula is C54H35Cl3F5N9O9S3. The number of hydrogen-bond acceptors (Lipinski definition) is 12. The second-order valence-corrected chi connectivity index (χ2v) is 23.8. The van der Waals surface area contributed by atoms with Crippen LogP contribution in [0, 0.1) is 28.8 Å². The largest absolute Gasteiger partial charge is 0.484 e. The van der Waals surface area contributed by atoms with E-state index in [0.29, 0.717) is 62.4 Å². The number of ether oxygens (including phenoxy) is 3. The summed E-state index contributed by atoms with van der Waals surface area (Å²) < 4.78 is 167. The van der Waals surface area contributed by atoms with Crippen molar-refractivity contribution in [2.45, 2.75) is 27.7 Å². The van der Waals surface area contributed by atoms with E-state index in [4.69, 9.17) is 54.3 Å². The number of H-pyrrole nitrogens is 3. The highest BCUT2D eigenvalue weighted by molar-refractivity contribution is 7.93. The summed E-state index contributed by atoms with van der Waals surface area (Å²) in [6.07, 6.45) is 2.63. The minimum atomic E-state index is -4.29. The number of rotatable bonds is 13. The lowest BCUT2D eigenvalue weighted by Gasteiger charge is -2.11. The summed E-state index contributed by atoms with van der Waals surface area (Å²) >= 11 is 17.4. The van der Waals surface area contributed by atoms with Crippen molar-refractivity contribution in [1.82, 2.24) is 24.9 Å². The summed E-state index contributed by atoms with van der Waals surface area (Å²) in [5.41, 5.74) is 1.80. The number of nitriles is 1. The van der Waals surface area contributed by atoms with Gasteiger partial charge in [-0.25, -0.2) is 47.2 Å². The van der Waals surface area contributed by atoms with Gasteiger partial charge in [0, 0.05) is 69.2 Å². The Labute approximate surface area is 481 Å². The zero-order valence-electron chi connectivity index (χ0n) is 41.6. The molecule has 0 saturated heterocycles. The number of nitrogens with one attached hydrogen (secondary N) is 6. The Kier molecular flexibility index (Phi) is 16.0. The number of hydrogen-bond donors (Lipinski definition) is 6. The Balaban J connectivity index is 0.000000140. The zero-order valence-corrected chi connectivity index (χ0v) is 46.3. The first kappa shape index (κ1) is 57.4. The predicted octanol–water partition coefficient (Wildman–Crippen LogP) is 13.3. The van der Waals surface area contributed by atoms with E-state index in [2.05, 4.69) is 34.4 Å². The van der Waals surface area contributed by atoms with Gasteiger partial charge in [-0.15, -0.1) is 0 Å². The van der Waals surface area contributed by atoms with Crippen LogP contribution in [0.4, 0.5) is 39.0 Å². The maximum Gasteiger partial charge on any atom is 0.278 e. The van der Waals surface area contributed by atoms with Gasteiger partial charge in [-0.1, -0.05) is 59.1 Å². The SMILES string of the molecule is N#Cc1ccc(NS(=O)(=O)c2c[nH]c3cc4c(cc23)OCO4)cc1.O=S(=O)(Nc1cc(F)c(Cl)cc1F)c1c[nH]c2c(OCc3ccccn3)c(Cl)ccc12.O=S(=O)(Nc1ccc(Cl)cc1F)c1cnc2c1ccc1ccc(C(F)F)[nH]c12. The van der Waals surface area contributed by atoms with Crippen LogP contribution in [-0.4, -0.2) is 57.0 Å². The number of aromatic nitrogens is 5. The molecule has 29 heteroatoms. The average molecular weight is 1250 g/mol. The van der Waals surface area contributed by atoms with Crippen molar-refractivity contribution in [1.29, 1.82) is 5.26 Å². The molecule has 0 fully saturated rings. The minimum Gasteiger partial charge on any atom is -0.484 e. The summed E-state index contributed by atoms with van der Waals surface area (Å²) in [6.45, 7) is 0.224. The molecule has 1 aliphatic rings. The highest BCUT2D eigenvalue weighted by Gasteiger charge is 2.27. The van der Waals surface area contributed by atoms with Gasteiger partial charge in [0.2, 0.25) is 6.79 Å². The van der Waals surface area contributed by atoms with Crippen LogP contribution in [0.3, 0.4) is 0 Å². The third kappa shape index (κ3) is 12.2. The van der Waals surface area contributed by atoms with Crippen LogP contribution in [0.5, 0.6) is 17.2 Å². The standard InChI is InChI=1S/C20H13Cl2F2N3O3S.C18H11ClF3N3O2S.C16H11N3O4S/c21-13-5-4-12-18(31(28,29)27-17-8-15(23)14(22)7-16(17)24)9-26-19(12)20(13)30-10-11-3-1-2-6-25-11;19-10-3-6-13(12(20)7-10)25-28(26,27)15-8-23-17-11(15)4-1-9-2-5-14(18(21)22)24-16(9)17;17-7-10-1-3-11(4-2-10)19-24(20,21)16-8-18-13-6-15-14(5-12(13)16)22-9-23-15/h1-9,26-27H,10H2;1-8,18,24-25H;1-6,8,18-19H,9H2. The summed E-state index contributed by atoms with van der Waals surface area (Å²) in [7, 11) is -12.3. The number of fused-ring (bicyclic) bond motifs is 6. The van der Waals surface area contributed by atoms with Gasteiger partial charge in [-0.05, 0) is 84.9 Å². The first-order chi connectivity index (χ1) is 39.6. The van der Waals surface area contributed by atoms with E-state index in [-0.39, 0.29) is 77.1 Å². The molecule has 0 amide bonds. The first-order valence-electron chi connectivity index (χ1n) is 23.7. The van der Waals surface area contributed by atoms with Crippen molar-refractivity contribution in [2.24, 2.45) is 0 Å². The van der Waals surface area contributed by atoms with E-state index in [9.17, 15) is 47.2 Å². The summed E-state index contributed by atoms with van der Waals surface area (Å²) in [5, 5.41) is 10.3. The molecule has 0 radical (unpaired) electrons. The molecule has 18 nitrogen and oxygen atoms in total. The van der Waals surface area contributed by atoms with Gasteiger partial charge < -0.3 is 29.2 Å². The fourth-order valence-corrected chi connectivity index (χ4v) is 12.5. The van der Waals surface area contributed by atoms with Crippen LogP contribution in [0.15, 0.2) is 161 Å². The number of pyridine rings is 2. The monoisotopic (exact) mass is 1250 g/mol. The second-order valence-electron chi connectivity index (χ2n) is 17.6. The van der Waals surface area contributed by atoms with Crippen molar-refractivity contribution >= 4 is 126 Å². The minimum absolute atomic E-state index is 0.105. The molecule has 12 rings (SSSR count). The van der Waals surface area contributed by atoms with Gasteiger partial charge in [0.1, 0.15) is 38.7 Å². The Morgan fingerprint density at radius 3 is 2.05 bits per heavy atom. The van der Waals surface area contributed by atoms with Gasteiger partial charge in [-0.2, -0.15) is 5.26 Å². The first-order valence-corrected chi connectivity index (χ1v) is 29.3. The molecule has 11 aromatic rings. The van der Waals surface area contributed by atoms with Crippen molar-refractivity contribution in [3.8, 4) is 23.3 Å². The molecular weight excluding hydrogens is 1220 g/mol. The van der Waals surface area contributed by atoms with E-state index in [1.54, 1.807) is 66.9 Å². The Morgan fingerprint density at radius 1 is 0.651 bits per heavy atom. The van der Waals surface area contributed by atoms with Crippen molar-refractivity contribution in [3.05, 3.63) is 196 Å². The third-order valence-electron chi connectivity index (χ3n) is 12.2. The fraction of sp³-hybridized carbons (Fsp3) is 0.0556. The number of halogens is 8. The maximum absolute atomic E-state index is 14.1. The van der Waals surface area contributed by atoms with E-state index in [1.807, 2.05) is 10.8 Å². The molecule has 5 aromatic heterocycles. The molecule has 0 aliphatic carbocycles. The Morgan fingerprint density at radius 2 is 1.33 bits per heavy atom. The lowest BCUT2D eigenvalue weighted by Crippen LogP contribution is -2.14. The number of anilines is 3. The normalized spacial score (nSPS) is 12.2. The number of alkyl halides is 2. The molecule has 0 bridgehead atoms. The van der Waals surface area contributed by atoms with Crippen LogP contribution in [0.2, 0.25) is 15.1 Å². The van der Waals surface area contributed by atoms with Crippen LogP contribution in [-0.2, 0) is 36.7 Å². The van der Waals surface area contributed by atoms with Crippen molar-refractivity contribution in [2.75, 3.05) is 21.0 Å². The van der Waals surface area contributed by atoms with Gasteiger partial charge in [0.25, 0.3) is 36.5 Å². The van der Waals surface area contributed by atoms with E-state index < -0.39 is 64.7 Å². The second kappa shape index (κ2) is 23.2. The molecule has 6 N–H and O–H groups in total. The van der Waals surface area contributed by atoms with E-state index in [0.717, 1.165) is 12.3 Å². The van der Waals surface area contributed by atoms with Gasteiger partial charge >= 0.3 is 0 Å². The van der Waals surface area contributed by atoms with E-state index >= 15 is 0 Å². The third-order valence-corrected chi connectivity index (χ3v) is 17.3. The molecule has 0 saturated carbocycles. The number of nitrogens with zero attached hydrogens (tertiary/aromatic N) is 3. The lowest BCUT2D eigenvalue weighted by atomic mass is 10.1. The lowest BCUT2D eigenvalue weighted by molar-refractivity contribution is 0.146. The van der Waals surface area contributed by atoms with Crippen LogP contribution < -0.4 is 28.4 Å². The fourth-order valence-electron chi connectivity index (χ4n) is 8.33. The topological polar surface area (TPSA) is 263 Å². The average Bonchev–Trinajstić information content (AvgIpc) is 3.43. The van der Waals surface area contributed by atoms with Gasteiger partial charge in [0.05, 0.1) is 66.5 Å². The molecule has 83 heavy (non-hydrogen) atoms. The molecule has 424 valence electrons. The molecule has 0 spiro atoms. The highest BCUT2D eigenvalue weighted by atomic mass is 35.5. The molecule has 0 unspecified atom stereocenters. The van der Waals surface area contributed by atoms with Crippen LogP contribution in [0.25, 0.3) is 43.6 Å². The Bertz CT molecular complexity index is 4730. The quantitative estimate of drug-likeness (QED) is 0.0465.